The lowest BCUT2D eigenvalue weighted by molar-refractivity contribution is -0.121. The molecule has 1 N–H and O–H groups in total. The number of anilines is 1. The van der Waals surface area contributed by atoms with Crippen molar-refractivity contribution in [3.63, 3.8) is 0 Å². The normalized spacial score (nSPS) is 13.9. The molecule has 1 aliphatic heterocycles. The molecule has 0 atom stereocenters. The number of ketones is 1. The molecular formula is C20H20N4O4. The highest BCUT2D eigenvalue weighted by Crippen LogP contribution is 2.22. The number of hydrogen-bond acceptors (Lipinski definition) is 6. The second-order valence-corrected chi connectivity index (χ2v) is 6.88. The highest BCUT2D eigenvalue weighted by Gasteiger charge is 2.22. The first-order chi connectivity index (χ1) is 13.5. The maximum atomic E-state index is 12.0. The predicted molar refractivity (Wildman–Crippen MR) is 101 cm³/mol. The molecule has 0 radical (unpaired) electrons. The van der Waals surface area contributed by atoms with Gasteiger partial charge in [-0.2, -0.15) is 0 Å². The molecule has 0 unspecified atom stereocenters. The third kappa shape index (κ3) is 4.34. The summed E-state index contributed by atoms with van der Waals surface area (Å²) >= 11 is 0. The Morgan fingerprint density at radius 1 is 1.29 bits per heavy atom. The van der Waals surface area contributed by atoms with Gasteiger partial charge in [-0.15, -0.1) is 5.10 Å². The minimum atomic E-state index is -0.0875. The van der Waals surface area contributed by atoms with Crippen LogP contribution in [0.15, 0.2) is 42.6 Å². The van der Waals surface area contributed by atoms with Gasteiger partial charge in [0, 0.05) is 24.8 Å². The van der Waals surface area contributed by atoms with E-state index in [1.54, 1.807) is 35.8 Å². The SMILES string of the molecule is CC(=O)Cc1cccc(Oc2ccc3nc(NC(=O)CC4COC4)cn3n2)c1. The molecular weight excluding hydrogens is 360 g/mol. The van der Waals surface area contributed by atoms with E-state index in [0.717, 1.165) is 5.56 Å². The number of rotatable bonds is 7. The summed E-state index contributed by atoms with van der Waals surface area (Å²) in [4.78, 5) is 27.7. The Hall–Kier alpha value is -3.26. The van der Waals surface area contributed by atoms with E-state index < -0.39 is 0 Å². The second kappa shape index (κ2) is 7.77. The third-order valence-electron chi connectivity index (χ3n) is 4.32. The first-order valence-electron chi connectivity index (χ1n) is 9.05. The van der Waals surface area contributed by atoms with Crippen LogP contribution >= 0.6 is 0 Å². The van der Waals surface area contributed by atoms with Crippen molar-refractivity contribution < 1.29 is 19.1 Å². The van der Waals surface area contributed by atoms with E-state index in [2.05, 4.69) is 15.4 Å². The largest absolute Gasteiger partial charge is 0.438 e. The van der Waals surface area contributed by atoms with Crippen molar-refractivity contribution in [2.75, 3.05) is 18.5 Å². The van der Waals surface area contributed by atoms with Crippen LogP contribution in [0.4, 0.5) is 5.82 Å². The van der Waals surface area contributed by atoms with Crippen molar-refractivity contribution in [1.29, 1.82) is 0 Å². The van der Waals surface area contributed by atoms with E-state index in [0.29, 0.717) is 49.1 Å². The number of nitrogens with one attached hydrogen (secondary N) is 1. The average Bonchev–Trinajstić information content (AvgIpc) is 2.99. The van der Waals surface area contributed by atoms with Crippen molar-refractivity contribution in [2.45, 2.75) is 19.8 Å². The molecule has 2 aromatic heterocycles. The van der Waals surface area contributed by atoms with Crippen molar-refractivity contribution in [3.8, 4) is 11.6 Å². The van der Waals surface area contributed by atoms with Gasteiger partial charge in [-0.25, -0.2) is 9.50 Å². The molecule has 1 saturated heterocycles. The summed E-state index contributed by atoms with van der Waals surface area (Å²) in [7, 11) is 0. The van der Waals surface area contributed by atoms with Gasteiger partial charge in [0.15, 0.2) is 11.5 Å². The molecule has 0 saturated carbocycles. The molecule has 4 rings (SSSR count). The Balaban J connectivity index is 1.45. The number of benzene rings is 1. The number of hydrogen-bond donors (Lipinski definition) is 1. The Bertz CT molecular complexity index is 1030. The highest BCUT2D eigenvalue weighted by molar-refractivity contribution is 5.90. The Morgan fingerprint density at radius 2 is 2.14 bits per heavy atom. The van der Waals surface area contributed by atoms with Crippen molar-refractivity contribution in [3.05, 3.63) is 48.2 Å². The number of fused-ring (bicyclic) bond motifs is 1. The standard InChI is InChI=1S/C20H20N4O4/c1-13(25)7-14-3-2-4-16(8-14)28-20-6-5-18-21-17(10-24(18)23-20)22-19(26)9-15-11-27-12-15/h2-6,8,10,15H,7,9,11-12H2,1H3,(H,22,26). The van der Waals surface area contributed by atoms with Gasteiger partial charge in [0.05, 0.1) is 19.4 Å². The molecule has 0 aliphatic carbocycles. The topological polar surface area (TPSA) is 94.8 Å². The fourth-order valence-corrected chi connectivity index (χ4v) is 2.96. The van der Waals surface area contributed by atoms with Crippen LogP contribution in [-0.4, -0.2) is 39.5 Å². The highest BCUT2D eigenvalue weighted by atomic mass is 16.5. The van der Waals surface area contributed by atoms with Gasteiger partial charge in [0.25, 0.3) is 0 Å². The van der Waals surface area contributed by atoms with E-state index in [-0.39, 0.29) is 17.6 Å². The zero-order chi connectivity index (χ0) is 19.5. The van der Waals surface area contributed by atoms with Crippen LogP contribution in [0.2, 0.25) is 0 Å². The lowest BCUT2D eigenvalue weighted by Gasteiger charge is -2.24. The number of imidazole rings is 1. The van der Waals surface area contributed by atoms with Gasteiger partial charge in [-0.1, -0.05) is 12.1 Å². The van der Waals surface area contributed by atoms with Crippen molar-refractivity contribution in [2.24, 2.45) is 5.92 Å². The summed E-state index contributed by atoms with van der Waals surface area (Å²) in [6.07, 6.45) is 2.43. The summed E-state index contributed by atoms with van der Waals surface area (Å²) in [6.45, 7) is 2.82. The fourth-order valence-electron chi connectivity index (χ4n) is 2.96. The van der Waals surface area contributed by atoms with Gasteiger partial charge in [-0.05, 0) is 30.7 Å². The number of amides is 1. The van der Waals surface area contributed by atoms with Gasteiger partial charge in [0.2, 0.25) is 11.8 Å². The predicted octanol–water partition coefficient (Wildman–Crippen LogP) is 2.63. The van der Waals surface area contributed by atoms with Gasteiger partial charge >= 0.3 is 0 Å². The quantitative estimate of drug-likeness (QED) is 0.677. The third-order valence-corrected chi connectivity index (χ3v) is 4.32. The van der Waals surface area contributed by atoms with E-state index in [9.17, 15) is 9.59 Å². The number of Topliss-reactive ketones (excluding diaryl/α,β-unsaturated/α-hetero) is 1. The molecule has 1 aromatic carbocycles. The molecule has 3 heterocycles. The summed E-state index contributed by atoms with van der Waals surface area (Å²) in [6, 6.07) is 10.8. The minimum absolute atomic E-state index is 0.0875. The van der Waals surface area contributed by atoms with Gasteiger partial charge in [-0.3, -0.25) is 9.59 Å². The zero-order valence-electron chi connectivity index (χ0n) is 15.4. The van der Waals surface area contributed by atoms with Crippen LogP contribution in [-0.2, 0) is 20.7 Å². The van der Waals surface area contributed by atoms with E-state index in [1.165, 1.54) is 0 Å². The van der Waals surface area contributed by atoms with Crippen LogP contribution in [0.5, 0.6) is 11.6 Å². The summed E-state index contributed by atoms with van der Waals surface area (Å²) in [5.74, 6) is 1.72. The number of aromatic nitrogens is 3. The van der Waals surface area contributed by atoms with Crippen LogP contribution in [0, 0.1) is 5.92 Å². The van der Waals surface area contributed by atoms with Crippen molar-refractivity contribution in [1.82, 2.24) is 14.6 Å². The number of nitrogens with zero attached hydrogens (tertiary/aromatic N) is 3. The monoisotopic (exact) mass is 380 g/mol. The maximum absolute atomic E-state index is 12.0. The Kier molecular flexibility index (Phi) is 5.03. The molecule has 3 aromatic rings. The second-order valence-electron chi connectivity index (χ2n) is 6.88. The molecule has 0 bridgehead atoms. The van der Waals surface area contributed by atoms with Crippen LogP contribution in [0.3, 0.4) is 0 Å². The molecule has 8 nitrogen and oxygen atoms in total. The first kappa shape index (κ1) is 18.1. The molecule has 1 aliphatic rings. The van der Waals surface area contributed by atoms with E-state index in [1.807, 2.05) is 18.2 Å². The summed E-state index contributed by atoms with van der Waals surface area (Å²) < 4.78 is 12.4. The molecule has 28 heavy (non-hydrogen) atoms. The van der Waals surface area contributed by atoms with Crippen LogP contribution < -0.4 is 10.1 Å². The Labute approximate surface area is 161 Å². The van der Waals surface area contributed by atoms with E-state index in [4.69, 9.17) is 9.47 Å². The smallest absolute Gasteiger partial charge is 0.237 e. The zero-order valence-corrected chi connectivity index (χ0v) is 15.4. The molecule has 1 fully saturated rings. The lowest BCUT2D eigenvalue weighted by Crippen LogP contribution is -2.31. The lowest BCUT2D eigenvalue weighted by atomic mass is 10.0. The van der Waals surface area contributed by atoms with Crippen molar-refractivity contribution >= 4 is 23.2 Å². The van der Waals surface area contributed by atoms with Gasteiger partial charge < -0.3 is 14.8 Å². The first-order valence-corrected chi connectivity index (χ1v) is 9.05. The minimum Gasteiger partial charge on any atom is -0.438 e. The molecule has 144 valence electrons. The van der Waals surface area contributed by atoms with E-state index >= 15 is 0 Å². The number of carbonyl (C=O) groups is 2. The number of ether oxygens (including phenoxy) is 2. The average molecular weight is 380 g/mol. The Morgan fingerprint density at radius 3 is 2.89 bits per heavy atom. The fraction of sp³-hybridized carbons (Fsp3) is 0.300. The molecule has 1 amide bonds. The summed E-state index contributed by atoms with van der Waals surface area (Å²) in [5.41, 5.74) is 1.48. The van der Waals surface area contributed by atoms with Gasteiger partial charge in [0.1, 0.15) is 11.5 Å². The maximum Gasteiger partial charge on any atom is 0.237 e. The molecule has 0 spiro atoms. The molecule has 8 heteroatoms. The van der Waals surface area contributed by atoms with Crippen LogP contribution in [0.25, 0.3) is 5.65 Å². The van der Waals surface area contributed by atoms with Crippen LogP contribution in [0.1, 0.15) is 18.9 Å². The number of carbonyl (C=O) groups excluding carboxylic acids is 2. The summed E-state index contributed by atoms with van der Waals surface area (Å²) in [5, 5.41) is 7.16.